The lowest BCUT2D eigenvalue weighted by Crippen LogP contribution is -2.41. The third-order valence-corrected chi connectivity index (χ3v) is 17.7. The van der Waals surface area contributed by atoms with Gasteiger partial charge in [-0.25, -0.2) is 0 Å². The maximum atomic E-state index is 13.8. The van der Waals surface area contributed by atoms with Gasteiger partial charge in [-0.2, -0.15) is 0 Å². The van der Waals surface area contributed by atoms with Gasteiger partial charge in [-0.3, -0.25) is 9.59 Å². The van der Waals surface area contributed by atoms with Gasteiger partial charge in [-0.1, -0.05) is 109 Å². The van der Waals surface area contributed by atoms with Crippen molar-refractivity contribution in [3.05, 3.63) is 182 Å². The van der Waals surface area contributed by atoms with Crippen LogP contribution in [0.5, 0.6) is 0 Å². The van der Waals surface area contributed by atoms with Crippen molar-refractivity contribution in [2.75, 3.05) is 25.4 Å². The molecule has 0 heterocycles. The summed E-state index contributed by atoms with van der Waals surface area (Å²) in [4.78, 5) is 27.2. The van der Waals surface area contributed by atoms with Gasteiger partial charge in [0.15, 0.2) is 6.16 Å². The van der Waals surface area contributed by atoms with Crippen LogP contribution in [0.3, 0.4) is 0 Å². The van der Waals surface area contributed by atoms with Crippen LogP contribution < -0.4 is 42.5 Å². The average Bonchev–Trinajstić information content (AvgIpc) is 3.18. The Labute approximate surface area is 291 Å². The summed E-state index contributed by atoms with van der Waals surface area (Å²) in [5, 5.41) is 13.5. The summed E-state index contributed by atoms with van der Waals surface area (Å²) in [6.07, 6.45) is 1.43. The largest absolute Gasteiger partial charge is 0.354 e. The highest BCUT2D eigenvalue weighted by Crippen LogP contribution is 2.56. The Bertz CT molecular complexity index is 1720. The van der Waals surface area contributed by atoms with Crippen LogP contribution in [0.1, 0.15) is 6.42 Å². The minimum absolute atomic E-state index is 0.0129. The van der Waals surface area contributed by atoms with Crippen molar-refractivity contribution in [1.82, 2.24) is 10.6 Å². The molecule has 0 saturated carbocycles. The van der Waals surface area contributed by atoms with Crippen molar-refractivity contribution >= 4 is 58.2 Å². The Morgan fingerprint density at radius 3 is 0.939 bits per heavy atom. The normalized spacial score (nSPS) is 11.4. The second-order valence-corrected chi connectivity index (χ2v) is 19.1. The Morgan fingerprint density at radius 2 is 0.633 bits per heavy atom. The van der Waals surface area contributed by atoms with Crippen LogP contribution in [-0.4, -0.2) is 37.2 Å². The number of rotatable bonds is 14. The van der Waals surface area contributed by atoms with Crippen LogP contribution >= 0.6 is 14.5 Å². The number of hydrogen-bond acceptors (Lipinski definition) is 2. The Hall–Kier alpha value is -4.88. The van der Waals surface area contributed by atoms with E-state index in [1.165, 1.54) is 15.9 Å². The maximum absolute atomic E-state index is 13.8. The lowest BCUT2D eigenvalue weighted by atomic mass is 10.3. The van der Waals surface area contributed by atoms with Crippen LogP contribution in [0, 0.1) is 0 Å². The van der Waals surface area contributed by atoms with E-state index in [2.05, 4.69) is 120 Å². The van der Waals surface area contributed by atoms with Crippen molar-refractivity contribution in [3.63, 3.8) is 0 Å². The smallest absolute Gasteiger partial charge is 0.258 e. The summed E-state index contributed by atoms with van der Waals surface area (Å²) in [5.41, 5.74) is 0. The zero-order valence-corrected chi connectivity index (χ0v) is 29.4. The topological polar surface area (TPSA) is 58.2 Å². The van der Waals surface area contributed by atoms with Gasteiger partial charge >= 0.3 is 0 Å². The molecular formula is C43H42N2O2P2+2. The second-order valence-electron chi connectivity index (χ2n) is 12.0. The van der Waals surface area contributed by atoms with E-state index in [0.29, 0.717) is 31.8 Å². The summed E-state index contributed by atoms with van der Waals surface area (Å²) in [6.45, 7) is 0.727. The molecule has 4 nitrogen and oxygen atoms in total. The fraction of sp³-hybridized carbons (Fsp3) is 0.116. The molecule has 0 atom stereocenters. The van der Waals surface area contributed by atoms with Crippen molar-refractivity contribution in [1.29, 1.82) is 0 Å². The van der Waals surface area contributed by atoms with E-state index in [-0.39, 0.29) is 11.8 Å². The summed E-state index contributed by atoms with van der Waals surface area (Å²) < 4.78 is 0. The molecule has 0 aromatic heterocycles. The zero-order chi connectivity index (χ0) is 33.8. The van der Waals surface area contributed by atoms with Crippen molar-refractivity contribution in [2.45, 2.75) is 6.42 Å². The third kappa shape index (κ3) is 7.73. The van der Waals surface area contributed by atoms with E-state index in [9.17, 15) is 9.59 Å². The highest BCUT2D eigenvalue weighted by Gasteiger charge is 2.47. The number of benzene rings is 6. The molecule has 0 fully saturated rings. The van der Waals surface area contributed by atoms with E-state index < -0.39 is 14.5 Å². The highest BCUT2D eigenvalue weighted by molar-refractivity contribution is 7.96. The molecular weight excluding hydrogens is 638 g/mol. The summed E-state index contributed by atoms with van der Waals surface area (Å²) in [5.74, 6) is -0.0394. The lowest BCUT2D eigenvalue weighted by molar-refractivity contribution is -0.121. The SMILES string of the molecule is O=C(CC[P+](c1ccccc1)(c1ccccc1)c1ccccc1)NCCNC(=O)C[P+](c1ccccc1)(c1ccccc1)c1ccccc1. The first-order valence-corrected chi connectivity index (χ1v) is 20.7. The molecule has 0 aliphatic carbocycles. The van der Waals surface area contributed by atoms with Crippen molar-refractivity contribution in [3.8, 4) is 0 Å². The van der Waals surface area contributed by atoms with Crippen LogP contribution in [-0.2, 0) is 9.59 Å². The molecule has 0 aliphatic rings. The first kappa shape index (κ1) is 34.0. The van der Waals surface area contributed by atoms with Crippen molar-refractivity contribution in [2.24, 2.45) is 0 Å². The number of carbonyl (C=O) groups is 2. The van der Waals surface area contributed by atoms with Crippen LogP contribution in [0.25, 0.3) is 0 Å². The van der Waals surface area contributed by atoms with E-state index >= 15 is 0 Å². The molecule has 0 aliphatic heterocycles. The van der Waals surface area contributed by atoms with Gasteiger partial charge in [0.1, 0.15) is 46.4 Å². The van der Waals surface area contributed by atoms with Crippen molar-refractivity contribution < 1.29 is 9.59 Å². The molecule has 244 valence electrons. The first-order chi connectivity index (χ1) is 24.1. The van der Waals surface area contributed by atoms with E-state index in [1.54, 1.807) is 0 Å². The molecule has 0 spiro atoms. The molecule has 2 N–H and O–H groups in total. The Kier molecular flexibility index (Phi) is 11.4. The molecule has 6 heteroatoms. The van der Waals surface area contributed by atoms with Crippen LogP contribution in [0.2, 0.25) is 0 Å². The van der Waals surface area contributed by atoms with E-state index in [4.69, 9.17) is 0 Å². The molecule has 2 amide bonds. The standard InChI is InChI=1S/C43H40N2O2P2/c46-42(31-34-48(36-19-7-1-8-20-36,37-21-9-2-10-22-37)38-23-11-3-12-24-38)44-32-33-45-43(47)35-49(39-25-13-4-14-26-39,40-27-15-5-16-28-40)41-29-17-6-18-30-41/h1-30H,31-35H2/p+2. The summed E-state index contributed by atoms with van der Waals surface area (Å²) in [6, 6.07) is 63.0. The molecule has 0 saturated heterocycles. The highest BCUT2D eigenvalue weighted by atomic mass is 31.2. The third-order valence-electron chi connectivity index (χ3n) is 9.01. The Balaban J connectivity index is 1.15. The molecule has 6 aromatic rings. The first-order valence-electron chi connectivity index (χ1n) is 16.8. The van der Waals surface area contributed by atoms with Gasteiger partial charge in [0.05, 0.1) is 12.6 Å². The fourth-order valence-corrected chi connectivity index (χ4v) is 15.0. The molecule has 6 aromatic carbocycles. The van der Waals surface area contributed by atoms with Gasteiger partial charge in [-0.05, 0) is 72.8 Å². The van der Waals surface area contributed by atoms with Gasteiger partial charge in [0.25, 0.3) is 5.91 Å². The quantitative estimate of drug-likeness (QED) is 0.116. The van der Waals surface area contributed by atoms with Gasteiger partial charge in [0, 0.05) is 13.1 Å². The van der Waals surface area contributed by atoms with E-state index in [1.807, 2.05) is 72.8 Å². The molecule has 0 radical (unpaired) electrons. The van der Waals surface area contributed by atoms with Gasteiger partial charge in [-0.15, -0.1) is 0 Å². The monoisotopic (exact) mass is 680 g/mol. The van der Waals surface area contributed by atoms with Gasteiger partial charge < -0.3 is 10.6 Å². The van der Waals surface area contributed by atoms with E-state index in [0.717, 1.165) is 15.9 Å². The molecule has 6 rings (SSSR count). The lowest BCUT2D eigenvalue weighted by Gasteiger charge is -2.27. The molecule has 49 heavy (non-hydrogen) atoms. The minimum Gasteiger partial charge on any atom is -0.354 e. The number of hydrogen-bond donors (Lipinski definition) is 2. The molecule has 0 bridgehead atoms. The minimum atomic E-state index is -2.29. The summed E-state index contributed by atoms with van der Waals surface area (Å²) >= 11 is 0. The predicted octanol–water partition coefficient (Wildman–Crippen LogP) is 5.60. The predicted molar refractivity (Wildman–Crippen MR) is 211 cm³/mol. The maximum Gasteiger partial charge on any atom is 0.258 e. The Morgan fingerprint density at radius 1 is 0.367 bits per heavy atom. The zero-order valence-electron chi connectivity index (χ0n) is 27.6. The van der Waals surface area contributed by atoms with Crippen LogP contribution in [0.15, 0.2) is 182 Å². The van der Waals surface area contributed by atoms with Crippen LogP contribution in [0.4, 0.5) is 0 Å². The average molecular weight is 681 g/mol. The fourth-order valence-electron chi connectivity index (χ4n) is 6.68. The summed E-state index contributed by atoms with van der Waals surface area (Å²) in [7, 11) is -4.39. The second kappa shape index (κ2) is 16.5. The molecule has 0 unspecified atom stereocenters. The number of amides is 2. The number of nitrogens with one attached hydrogen (secondary N) is 2. The van der Waals surface area contributed by atoms with Gasteiger partial charge in [0.2, 0.25) is 5.91 Å². The number of carbonyl (C=O) groups excluding carboxylic acids is 2.